The zero-order valence-corrected chi connectivity index (χ0v) is 11.6. The molecule has 0 amide bonds. The molecule has 0 radical (unpaired) electrons. The minimum Gasteiger partial charge on any atom is -0.378 e. The lowest BCUT2D eigenvalue weighted by Gasteiger charge is -2.16. The van der Waals surface area contributed by atoms with Gasteiger partial charge in [-0.3, -0.25) is 0 Å². The molecule has 2 rings (SSSR count). The molecule has 1 unspecified atom stereocenters. The number of hydrogen-bond acceptors (Lipinski definition) is 1. The highest BCUT2D eigenvalue weighted by molar-refractivity contribution is 9.10. The Morgan fingerprint density at radius 2 is 1.63 bits per heavy atom. The minimum absolute atomic E-state index is 0.303. The lowest BCUT2D eigenvalue weighted by molar-refractivity contribution is 0.577. The van der Waals surface area contributed by atoms with Gasteiger partial charge in [0, 0.05) is 17.8 Å². The first-order valence-electron chi connectivity index (χ1n) is 5.63. The first-order chi connectivity index (χ1) is 8.95. The molecular weight excluding hydrogens is 319 g/mol. The summed E-state index contributed by atoms with van der Waals surface area (Å²) in [6, 6.07) is 7.49. The lowest BCUT2D eigenvalue weighted by Crippen LogP contribution is -2.07. The molecule has 0 fully saturated rings. The molecule has 0 saturated carbocycles. The Hall–Kier alpha value is -1.49. The smallest absolute Gasteiger partial charge is 0.137 e. The summed E-state index contributed by atoms with van der Waals surface area (Å²) in [5.74, 6) is -1.61. The van der Waals surface area contributed by atoms with Gasteiger partial charge in [-0.15, -0.1) is 0 Å². The van der Waals surface area contributed by atoms with E-state index < -0.39 is 11.6 Å². The highest BCUT2D eigenvalue weighted by Gasteiger charge is 2.09. The van der Waals surface area contributed by atoms with E-state index in [1.54, 1.807) is 19.1 Å². The van der Waals surface area contributed by atoms with E-state index in [2.05, 4.69) is 21.2 Å². The number of nitrogens with one attached hydrogen (secondary N) is 1. The Balaban J connectivity index is 2.20. The second-order valence-corrected chi connectivity index (χ2v) is 5.05. The molecule has 0 heterocycles. The predicted octanol–water partition coefficient (Wildman–Crippen LogP) is 5.04. The van der Waals surface area contributed by atoms with Gasteiger partial charge in [0.15, 0.2) is 0 Å². The Kier molecular flexibility index (Phi) is 4.14. The molecule has 0 aliphatic heterocycles. The normalized spacial score (nSPS) is 12.3. The SMILES string of the molecule is CC(Nc1ccc(F)c(Br)c1)c1cc(F)cc(F)c1. The molecule has 1 nitrogen and oxygen atoms in total. The van der Waals surface area contributed by atoms with Crippen molar-refractivity contribution in [3.63, 3.8) is 0 Å². The maximum absolute atomic E-state index is 13.1. The third kappa shape index (κ3) is 3.50. The van der Waals surface area contributed by atoms with Crippen LogP contribution in [0.4, 0.5) is 18.9 Å². The van der Waals surface area contributed by atoms with E-state index in [1.807, 2.05) is 0 Å². The monoisotopic (exact) mass is 329 g/mol. The van der Waals surface area contributed by atoms with Crippen LogP contribution in [0, 0.1) is 17.5 Å². The van der Waals surface area contributed by atoms with Gasteiger partial charge in [0.2, 0.25) is 0 Å². The summed E-state index contributed by atoms with van der Waals surface area (Å²) >= 11 is 3.08. The van der Waals surface area contributed by atoms with Gasteiger partial charge >= 0.3 is 0 Å². The van der Waals surface area contributed by atoms with Crippen molar-refractivity contribution in [2.75, 3.05) is 5.32 Å². The van der Waals surface area contributed by atoms with E-state index in [1.165, 1.54) is 18.2 Å². The molecule has 19 heavy (non-hydrogen) atoms. The molecule has 100 valence electrons. The Labute approximate surface area is 117 Å². The quantitative estimate of drug-likeness (QED) is 0.831. The first kappa shape index (κ1) is 13.9. The van der Waals surface area contributed by atoms with Crippen molar-refractivity contribution in [2.24, 2.45) is 0 Å². The summed E-state index contributed by atoms with van der Waals surface area (Å²) in [5.41, 5.74) is 1.14. The minimum atomic E-state index is -0.621. The summed E-state index contributed by atoms with van der Waals surface area (Å²) < 4.78 is 39.7. The van der Waals surface area contributed by atoms with Crippen molar-refractivity contribution in [3.8, 4) is 0 Å². The van der Waals surface area contributed by atoms with Gasteiger partial charge in [-0.1, -0.05) is 0 Å². The molecule has 0 saturated heterocycles. The molecule has 0 spiro atoms. The van der Waals surface area contributed by atoms with Crippen LogP contribution in [0.1, 0.15) is 18.5 Å². The maximum Gasteiger partial charge on any atom is 0.137 e. The Bertz CT molecular complexity index is 581. The van der Waals surface area contributed by atoms with Crippen molar-refractivity contribution in [3.05, 3.63) is 63.9 Å². The highest BCUT2D eigenvalue weighted by atomic mass is 79.9. The zero-order chi connectivity index (χ0) is 14.0. The van der Waals surface area contributed by atoms with Crippen molar-refractivity contribution < 1.29 is 13.2 Å². The highest BCUT2D eigenvalue weighted by Crippen LogP contribution is 2.24. The largest absolute Gasteiger partial charge is 0.378 e. The van der Waals surface area contributed by atoms with Gasteiger partial charge in [0.25, 0.3) is 0 Å². The van der Waals surface area contributed by atoms with Gasteiger partial charge in [0.1, 0.15) is 17.5 Å². The Morgan fingerprint density at radius 1 is 1.00 bits per heavy atom. The van der Waals surface area contributed by atoms with Crippen molar-refractivity contribution in [1.82, 2.24) is 0 Å². The zero-order valence-electron chi connectivity index (χ0n) is 10.1. The molecule has 1 N–H and O–H groups in total. The van der Waals surface area contributed by atoms with Crippen LogP contribution in [0.2, 0.25) is 0 Å². The van der Waals surface area contributed by atoms with Crippen LogP contribution in [-0.2, 0) is 0 Å². The van der Waals surface area contributed by atoms with Crippen molar-refractivity contribution in [1.29, 1.82) is 0 Å². The van der Waals surface area contributed by atoms with Crippen LogP contribution in [0.15, 0.2) is 40.9 Å². The van der Waals surface area contributed by atoms with Gasteiger partial charge in [-0.2, -0.15) is 0 Å². The molecule has 0 aromatic heterocycles. The molecule has 0 bridgehead atoms. The molecule has 2 aromatic rings. The Morgan fingerprint density at radius 3 is 2.21 bits per heavy atom. The number of benzene rings is 2. The van der Waals surface area contributed by atoms with Crippen molar-refractivity contribution in [2.45, 2.75) is 13.0 Å². The van der Waals surface area contributed by atoms with E-state index in [0.29, 0.717) is 15.7 Å². The summed E-state index contributed by atoms with van der Waals surface area (Å²) in [6.07, 6.45) is 0. The molecular formula is C14H11BrF3N. The topological polar surface area (TPSA) is 12.0 Å². The molecule has 5 heteroatoms. The number of halogens is 4. The second-order valence-electron chi connectivity index (χ2n) is 4.20. The van der Waals surface area contributed by atoms with Crippen LogP contribution < -0.4 is 5.32 Å². The second kappa shape index (κ2) is 5.65. The third-order valence-electron chi connectivity index (χ3n) is 2.69. The van der Waals surface area contributed by atoms with Gasteiger partial charge < -0.3 is 5.32 Å². The molecule has 0 aliphatic rings. The lowest BCUT2D eigenvalue weighted by atomic mass is 10.1. The average molecular weight is 330 g/mol. The van der Waals surface area contributed by atoms with Crippen LogP contribution >= 0.6 is 15.9 Å². The average Bonchev–Trinajstić information content (AvgIpc) is 2.32. The molecule has 2 aromatic carbocycles. The van der Waals surface area contributed by atoms with Crippen molar-refractivity contribution >= 4 is 21.6 Å². The number of anilines is 1. The summed E-state index contributed by atoms with van der Waals surface area (Å²) in [7, 11) is 0. The van der Waals surface area contributed by atoms with Gasteiger partial charge in [0.05, 0.1) is 4.47 Å². The van der Waals surface area contributed by atoms with E-state index in [9.17, 15) is 13.2 Å². The maximum atomic E-state index is 13.1. The number of hydrogen-bond donors (Lipinski definition) is 1. The molecule has 1 atom stereocenters. The van der Waals surface area contributed by atoms with Crippen LogP contribution in [0.25, 0.3) is 0 Å². The third-order valence-corrected chi connectivity index (χ3v) is 3.30. The van der Waals surface area contributed by atoms with E-state index in [0.717, 1.165) is 6.07 Å². The first-order valence-corrected chi connectivity index (χ1v) is 6.42. The fraction of sp³-hybridized carbons (Fsp3) is 0.143. The van der Waals surface area contributed by atoms with E-state index >= 15 is 0 Å². The number of rotatable bonds is 3. The van der Waals surface area contributed by atoms with Crippen LogP contribution in [0.5, 0.6) is 0 Å². The van der Waals surface area contributed by atoms with Gasteiger partial charge in [-0.05, 0) is 58.7 Å². The standard InChI is InChI=1S/C14H11BrF3N/c1-8(9-4-10(16)6-11(17)5-9)19-12-2-3-14(18)13(15)7-12/h2-8,19H,1H3. The van der Waals surface area contributed by atoms with Gasteiger partial charge in [-0.25, -0.2) is 13.2 Å². The summed E-state index contributed by atoms with van der Waals surface area (Å²) in [4.78, 5) is 0. The summed E-state index contributed by atoms with van der Waals surface area (Å²) in [5, 5.41) is 3.05. The fourth-order valence-electron chi connectivity index (χ4n) is 1.74. The molecule has 0 aliphatic carbocycles. The summed E-state index contributed by atoms with van der Waals surface area (Å²) in [6.45, 7) is 1.77. The predicted molar refractivity (Wildman–Crippen MR) is 72.5 cm³/mol. The van der Waals surface area contributed by atoms with E-state index in [-0.39, 0.29) is 11.9 Å². The fourth-order valence-corrected chi connectivity index (χ4v) is 2.12. The van der Waals surface area contributed by atoms with E-state index in [4.69, 9.17) is 0 Å². The van der Waals surface area contributed by atoms with Crippen LogP contribution in [-0.4, -0.2) is 0 Å². The van der Waals surface area contributed by atoms with Crippen LogP contribution in [0.3, 0.4) is 0 Å².